The van der Waals surface area contributed by atoms with Crippen LogP contribution < -0.4 is 4.74 Å². The van der Waals surface area contributed by atoms with E-state index < -0.39 is 0 Å². The van der Waals surface area contributed by atoms with Crippen LogP contribution in [0.15, 0.2) is 36.5 Å². The summed E-state index contributed by atoms with van der Waals surface area (Å²) in [6, 6.07) is 9.56. The van der Waals surface area contributed by atoms with Gasteiger partial charge in [-0.1, -0.05) is 19.9 Å². The summed E-state index contributed by atoms with van der Waals surface area (Å²) in [5, 5.41) is 9.09. The molecule has 19 heavy (non-hydrogen) atoms. The Labute approximate surface area is 113 Å². The summed E-state index contributed by atoms with van der Waals surface area (Å²) in [4.78, 5) is 4.14. The number of nitrogens with zero attached hydrogens (tertiary/aromatic N) is 1. The Morgan fingerprint density at radius 2 is 2.00 bits per heavy atom. The van der Waals surface area contributed by atoms with Crippen LogP contribution in [0.5, 0.6) is 11.6 Å². The van der Waals surface area contributed by atoms with Crippen molar-refractivity contribution in [2.45, 2.75) is 33.3 Å². The first-order valence-electron chi connectivity index (χ1n) is 6.44. The molecule has 0 radical (unpaired) electrons. The van der Waals surface area contributed by atoms with Crippen molar-refractivity contribution in [1.29, 1.82) is 0 Å². The zero-order valence-electron chi connectivity index (χ0n) is 11.6. The van der Waals surface area contributed by atoms with E-state index in [1.165, 1.54) is 11.1 Å². The summed E-state index contributed by atoms with van der Waals surface area (Å²) in [5.74, 6) is 1.78. The molecule has 100 valence electrons. The van der Waals surface area contributed by atoms with E-state index in [0.717, 1.165) is 11.3 Å². The third-order valence-corrected chi connectivity index (χ3v) is 3.07. The number of aromatic nitrogens is 1. The summed E-state index contributed by atoms with van der Waals surface area (Å²) in [6.45, 7) is 6.42. The van der Waals surface area contributed by atoms with Gasteiger partial charge in [0.2, 0.25) is 5.88 Å². The lowest BCUT2D eigenvalue weighted by molar-refractivity contribution is 0.281. The minimum absolute atomic E-state index is 0.00973. The van der Waals surface area contributed by atoms with Gasteiger partial charge in [-0.15, -0.1) is 0 Å². The van der Waals surface area contributed by atoms with Gasteiger partial charge >= 0.3 is 0 Å². The largest absolute Gasteiger partial charge is 0.439 e. The second kappa shape index (κ2) is 5.85. The SMILES string of the molecule is Cc1cc(Oc2cc(CO)ccn2)ccc1C(C)C. The molecule has 0 saturated carbocycles. The summed E-state index contributed by atoms with van der Waals surface area (Å²) in [7, 11) is 0. The molecule has 0 unspecified atom stereocenters. The fourth-order valence-electron chi connectivity index (χ4n) is 2.08. The lowest BCUT2D eigenvalue weighted by Gasteiger charge is -2.12. The molecule has 0 bridgehead atoms. The minimum Gasteiger partial charge on any atom is -0.439 e. The van der Waals surface area contributed by atoms with Crippen LogP contribution in [0, 0.1) is 6.92 Å². The molecule has 2 rings (SSSR count). The van der Waals surface area contributed by atoms with Gasteiger partial charge in [-0.2, -0.15) is 0 Å². The van der Waals surface area contributed by atoms with Crippen molar-refractivity contribution >= 4 is 0 Å². The highest BCUT2D eigenvalue weighted by atomic mass is 16.5. The fraction of sp³-hybridized carbons (Fsp3) is 0.312. The molecule has 3 heteroatoms. The number of benzene rings is 1. The zero-order chi connectivity index (χ0) is 13.8. The van der Waals surface area contributed by atoms with Crippen molar-refractivity contribution < 1.29 is 9.84 Å². The number of aryl methyl sites for hydroxylation is 1. The molecule has 3 nitrogen and oxygen atoms in total. The first kappa shape index (κ1) is 13.6. The average Bonchev–Trinajstić information content (AvgIpc) is 2.38. The molecule has 1 aromatic carbocycles. The minimum atomic E-state index is -0.00973. The van der Waals surface area contributed by atoms with Crippen LogP contribution in [0.1, 0.15) is 36.5 Å². The summed E-state index contributed by atoms with van der Waals surface area (Å²) >= 11 is 0. The van der Waals surface area contributed by atoms with Gasteiger partial charge in [-0.3, -0.25) is 0 Å². The molecule has 0 aliphatic heterocycles. The van der Waals surface area contributed by atoms with Gasteiger partial charge in [0, 0.05) is 12.3 Å². The number of rotatable bonds is 4. The number of aliphatic hydroxyl groups excluding tert-OH is 1. The second-order valence-corrected chi connectivity index (χ2v) is 4.94. The topological polar surface area (TPSA) is 42.4 Å². The third-order valence-electron chi connectivity index (χ3n) is 3.07. The molecule has 1 heterocycles. The maximum Gasteiger partial charge on any atom is 0.219 e. The van der Waals surface area contributed by atoms with Gasteiger partial charge in [0.25, 0.3) is 0 Å². The van der Waals surface area contributed by atoms with Crippen molar-refractivity contribution in [3.63, 3.8) is 0 Å². The predicted octanol–water partition coefficient (Wildman–Crippen LogP) is 3.80. The van der Waals surface area contributed by atoms with Crippen LogP contribution >= 0.6 is 0 Å². The standard InChI is InChI=1S/C16H19NO2/c1-11(2)15-5-4-14(8-12(15)3)19-16-9-13(10-18)6-7-17-16/h4-9,11,18H,10H2,1-3H3. The van der Waals surface area contributed by atoms with E-state index in [1.807, 2.05) is 12.1 Å². The second-order valence-electron chi connectivity index (χ2n) is 4.94. The Morgan fingerprint density at radius 1 is 1.21 bits per heavy atom. The van der Waals surface area contributed by atoms with Crippen molar-refractivity contribution in [3.8, 4) is 11.6 Å². The van der Waals surface area contributed by atoms with Gasteiger partial charge in [0.1, 0.15) is 5.75 Å². The smallest absolute Gasteiger partial charge is 0.219 e. The Kier molecular flexibility index (Phi) is 4.17. The van der Waals surface area contributed by atoms with Crippen molar-refractivity contribution in [2.24, 2.45) is 0 Å². The molecule has 0 aliphatic carbocycles. The van der Waals surface area contributed by atoms with Gasteiger partial charge < -0.3 is 9.84 Å². The van der Waals surface area contributed by atoms with E-state index in [9.17, 15) is 0 Å². The highest BCUT2D eigenvalue weighted by Crippen LogP contribution is 2.26. The molecule has 0 saturated heterocycles. The van der Waals surface area contributed by atoms with Gasteiger partial charge in [-0.05, 0) is 47.7 Å². The van der Waals surface area contributed by atoms with Crippen LogP contribution in [0.4, 0.5) is 0 Å². The number of pyridine rings is 1. The molecule has 0 fully saturated rings. The van der Waals surface area contributed by atoms with E-state index in [0.29, 0.717) is 11.8 Å². The molecule has 0 atom stereocenters. The third kappa shape index (κ3) is 3.32. The van der Waals surface area contributed by atoms with E-state index in [2.05, 4.69) is 31.8 Å². The zero-order valence-corrected chi connectivity index (χ0v) is 11.6. The summed E-state index contributed by atoms with van der Waals surface area (Å²) in [6.07, 6.45) is 1.64. The molecule has 0 spiro atoms. The van der Waals surface area contributed by atoms with E-state index in [1.54, 1.807) is 18.3 Å². The maximum atomic E-state index is 9.09. The number of hydrogen-bond acceptors (Lipinski definition) is 3. The van der Waals surface area contributed by atoms with Crippen LogP contribution in [-0.2, 0) is 6.61 Å². The Hall–Kier alpha value is -1.87. The predicted molar refractivity (Wildman–Crippen MR) is 75.5 cm³/mol. The van der Waals surface area contributed by atoms with Gasteiger partial charge in [0.05, 0.1) is 6.61 Å². The number of ether oxygens (including phenoxy) is 1. The Bertz CT molecular complexity index is 564. The summed E-state index contributed by atoms with van der Waals surface area (Å²) < 4.78 is 5.71. The van der Waals surface area contributed by atoms with Crippen molar-refractivity contribution in [1.82, 2.24) is 4.98 Å². The first-order valence-corrected chi connectivity index (χ1v) is 6.44. The van der Waals surface area contributed by atoms with Crippen LogP contribution in [0.3, 0.4) is 0 Å². The van der Waals surface area contributed by atoms with E-state index >= 15 is 0 Å². The average molecular weight is 257 g/mol. The van der Waals surface area contributed by atoms with Gasteiger partial charge in [-0.25, -0.2) is 4.98 Å². The molecule has 0 aliphatic rings. The van der Waals surface area contributed by atoms with E-state index in [-0.39, 0.29) is 6.61 Å². The Balaban J connectivity index is 2.21. The molecule has 1 N–H and O–H groups in total. The lowest BCUT2D eigenvalue weighted by Crippen LogP contribution is -1.94. The van der Waals surface area contributed by atoms with Crippen LogP contribution in [-0.4, -0.2) is 10.1 Å². The quantitative estimate of drug-likeness (QED) is 0.906. The lowest BCUT2D eigenvalue weighted by atomic mass is 9.98. The molecule has 0 amide bonds. The Morgan fingerprint density at radius 3 is 2.63 bits per heavy atom. The van der Waals surface area contributed by atoms with Crippen molar-refractivity contribution in [3.05, 3.63) is 53.2 Å². The van der Waals surface area contributed by atoms with Gasteiger partial charge in [0.15, 0.2) is 0 Å². The number of aliphatic hydroxyl groups is 1. The van der Waals surface area contributed by atoms with Crippen LogP contribution in [0.25, 0.3) is 0 Å². The molecular weight excluding hydrogens is 238 g/mol. The highest BCUT2D eigenvalue weighted by molar-refractivity contribution is 5.38. The maximum absolute atomic E-state index is 9.09. The fourth-order valence-corrected chi connectivity index (χ4v) is 2.08. The van der Waals surface area contributed by atoms with E-state index in [4.69, 9.17) is 9.84 Å². The molecular formula is C16H19NO2. The summed E-state index contributed by atoms with van der Waals surface area (Å²) in [5.41, 5.74) is 3.33. The monoisotopic (exact) mass is 257 g/mol. The number of hydrogen-bond donors (Lipinski definition) is 1. The van der Waals surface area contributed by atoms with Crippen molar-refractivity contribution in [2.75, 3.05) is 0 Å². The normalized spacial score (nSPS) is 10.8. The first-order chi connectivity index (χ1) is 9.10. The molecule has 1 aromatic heterocycles. The molecule has 2 aromatic rings. The van der Waals surface area contributed by atoms with Crippen LogP contribution in [0.2, 0.25) is 0 Å². The highest BCUT2D eigenvalue weighted by Gasteiger charge is 2.06.